The summed E-state index contributed by atoms with van der Waals surface area (Å²) in [6, 6.07) is 10.2. The molecule has 6 nitrogen and oxygen atoms in total. The van der Waals surface area contributed by atoms with Crippen LogP contribution in [0, 0.1) is 11.3 Å². The fourth-order valence-corrected chi connectivity index (χ4v) is 4.82. The van der Waals surface area contributed by atoms with Gasteiger partial charge < -0.3 is 0 Å². The van der Waals surface area contributed by atoms with Crippen molar-refractivity contribution in [2.75, 3.05) is 24.5 Å². The zero-order valence-electron chi connectivity index (χ0n) is 13.5. The van der Waals surface area contributed by atoms with E-state index in [2.05, 4.69) is 0 Å². The van der Waals surface area contributed by atoms with Crippen molar-refractivity contribution in [3.05, 3.63) is 35.9 Å². The first-order valence-electron chi connectivity index (χ1n) is 7.72. The van der Waals surface area contributed by atoms with E-state index in [1.807, 2.05) is 6.07 Å². The van der Waals surface area contributed by atoms with Crippen molar-refractivity contribution in [1.82, 2.24) is 4.31 Å². The molecule has 0 aliphatic carbocycles. The normalized spacial score (nSPS) is 13.8. The molecule has 2 aromatic rings. The highest BCUT2D eigenvalue weighted by Crippen LogP contribution is 2.40. The average Bonchev–Trinajstić information content (AvgIpc) is 2.84. The lowest BCUT2D eigenvalue weighted by Gasteiger charge is -2.20. The van der Waals surface area contributed by atoms with Crippen LogP contribution >= 0.6 is 0 Å². The smallest absolute Gasteiger partial charge is 0.259 e. The van der Waals surface area contributed by atoms with Crippen molar-refractivity contribution in [3.8, 4) is 6.07 Å². The van der Waals surface area contributed by atoms with Crippen LogP contribution < -0.4 is 4.90 Å². The van der Waals surface area contributed by atoms with Crippen LogP contribution in [-0.2, 0) is 10.0 Å². The maximum atomic E-state index is 12.9. The molecule has 0 N–H and O–H groups in total. The van der Waals surface area contributed by atoms with E-state index in [1.165, 1.54) is 15.3 Å². The Labute approximate surface area is 140 Å². The zero-order valence-corrected chi connectivity index (χ0v) is 14.3. The minimum atomic E-state index is -3.64. The van der Waals surface area contributed by atoms with Gasteiger partial charge in [0.05, 0.1) is 16.7 Å². The number of hydrogen-bond acceptors (Lipinski definition) is 4. The lowest BCUT2D eigenvalue weighted by Crippen LogP contribution is -2.30. The molecule has 1 aliphatic heterocycles. The van der Waals surface area contributed by atoms with E-state index in [4.69, 9.17) is 5.26 Å². The van der Waals surface area contributed by atoms with Gasteiger partial charge in [0.2, 0.25) is 10.0 Å². The van der Waals surface area contributed by atoms with Crippen LogP contribution in [0.2, 0.25) is 0 Å². The van der Waals surface area contributed by atoms with Gasteiger partial charge in [-0.25, -0.2) is 8.42 Å². The highest BCUT2D eigenvalue weighted by molar-refractivity contribution is 7.89. The summed E-state index contributed by atoms with van der Waals surface area (Å²) in [6.45, 7) is 4.27. The summed E-state index contributed by atoms with van der Waals surface area (Å²) in [7, 11) is -3.64. The summed E-state index contributed by atoms with van der Waals surface area (Å²) in [5.41, 5.74) is 1.03. The molecular formula is C17H17N3O3S. The number of sulfonamides is 1. The van der Waals surface area contributed by atoms with Crippen LogP contribution in [0.1, 0.15) is 24.2 Å². The second kappa shape index (κ2) is 5.89. The molecule has 1 aliphatic rings. The lowest BCUT2D eigenvalue weighted by molar-refractivity contribution is 0.0996. The predicted octanol–water partition coefficient (Wildman–Crippen LogP) is 2.35. The van der Waals surface area contributed by atoms with Crippen molar-refractivity contribution in [1.29, 1.82) is 5.26 Å². The number of amides is 1. The number of rotatable bonds is 5. The number of hydrogen-bond donors (Lipinski definition) is 0. The number of benzene rings is 2. The molecule has 2 aromatic carbocycles. The summed E-state index contributed by atoms with van der Waals surface area (Å²) >= 11 is 0. The Kier molecular flexibility index (Phi) is 4.03. The topological polar surface area (TPSA) is 81.5 Å². The third-order valence-corrected chi connectivity index (χ3v) is 6.41. The molecule has 0 bridgehead atoms. The number of nitriles is 1. The third kappa shape index (κ3) is 2.19. The summed E-state index contributed by atoms with van der Waals surface area (Å²) in [4.78, 5) is 14.1. The molecule has 1 heterocycles. The highest BCUT2D eigenvalue weighted by Gasteiger charge is 2.33. The van der Waals surface area contributed by atoms with Gasteiger partial charge >= 0.3 is 0 Å². The van der Waals surface area contributed by atoms with Gasteiger partial charge in [0.25, 0.3) is 5.91 Å². The molecule has 1 amide bonds. The van der Waals surface area contributed by atoms with Crippen LogP contribution in [-0.4, -0.2) is 38.3 Å². The molecule has 7 heteroatoms. The number of anilines is 1. The summed E-state index contributed by atoms with van der Waals surface area (Å²) in [5, 5.41) is 10.1. The first kappa shape index (κ1) is 16.4. The zero-order chi connectivity index (χ0) is 17.5. The molecule has 0 fully saturated rings. The Morgan fingerprint density at radius 2 is 1.88 bits per heavy atom. The summed E-state index contributed by atoms with van der Waals surface area (Å²) < 4.78 is 27.2. The molecule has 0 aromatic heterocycles. The quantitative estimate of drug-likeness (QED) is 0.780. The van der Waals surface area contributed by atoms with Gasteiger partial charge in [-0.3, -0.25) is 9.69 Å². The molecule has 124 valence electrons. The Balaban J connectivity index is 2.31. The first-order valence-corrected chi connectivity index (χ1v) is 9.16. The fourth-order valence-electron chi connectivity index (χ4n) is 3.17. The van der Waals surface area contributed by atoms with Gasteiger partial charge in [-0.1, -0.05) is 26.0 Å². The second-order valence-corrected chi connectivity index (χ2v) is 7.36. The Bertz CT molecular complexity index is 972. The number of carbonyl (C=O) groups excluding carboxylic acids is 1. The van der Waals surface area contributed by atoms with Crippen molar-refractivity contribution in [3.63, 3.8) is 0 Å². The molecule has 3 rings (SSSR count). The van der Waals surface area contributed by atoms with E-state index in [-0.39, 0.29) is 17.3 Å². The van der Waals surface area contributed by atoms with Crippen molar-refractivity contribution >= 4 is 32.4 Å². The minimum Gasteiger partial charge on any atom is -0.294 e. The molecule has 0 saturated carbocycles. The fraction of sp³-hybridized carbons (Fsp3) is 0.294. The molecular weight excluding hydrogens is 326 g/mol. The van der Waals surface area contributed by atoms with E-state index in [0.717, 1.165) is 0 Å². The Morgan fingerprint density at radius 3 is 2.50 bits per heavy atom. The Morgan fingerprint density at radius 1 is 1.17 bits per heavy atom. The first-order chi connectivity index (χ1) is 11.5. The lowest BCUT2D eigenvalue weighted by atomic mass is 10.1. The third-order valence-electron chi connectivity index (χ3n) is 4.30. The molecule has 0 radical (unpaired) electrons. The molecule has 24 heavy (non-hydrogen) atoms. The van der Waals surface area contributed by atoms with Crippen LogP contribution in [0.25, 0.3) is 10.8 Å². The maximum Gasteiger partial charge on any atom is 0.259 e. The van der Waals surface area contributed by atoms with Crippen LogP contribution in [0.4, 0.5) is 5.69 Å². The molecule has 0 atom stereocenters. The van der Waals surface area contributed by atoms with Gasteiger partial charge in [-0.15, -0.1) is 0 Å². The van der Waals surface area contributed by atoms with Gasteiger partial charge in [-0.2, -0.15) is 9.57 Å². The van der Waals surface area contributed by atoms with Gasteiger partial charge in [0, 0.05) is 29.4 Å². The van der Waals surface area contributed by atoms with Crippen LogP contribution in [0.15, 0.2) is 35.2 Å². The van der Waals surface area contributed by atoms with E-state index in [0.29, 0.717) is 35.1 Å². The SMILES string of the molecule is CCN(CC)S(=O)(=O)c1ccc2c3c(cccc13)C(=O)N2CC#N. The second-order valence-electron chi connectivity index (χ2n) is 5.45. The van der Waals surface area contributed by atoms with Crippen molar-refractivity contribution in [2.24, 2.45) is 0 Å². The number of nitrogens with zero attached hydrogens (tertiary/aromatic N) is 3. The van der Waals surface area contributed by atoms with Gasteiger partial charge in [-0.05, 0) is 18.2 Å². The summed E-state index contributed by atoms with van der Waals surface area (Å²) in [6.07, 6.45) is 0. The van der Waals surface area contributed by atoms with Gasteiger partial charge in [0.15, 0.2) is 0 Å². The highest BCUT2D eigenvalue weighted by atomic mass is 32.2. The monoisotopic (exact) mass is 343 g/mol. The predicted molar refractivity (Wildman–Crippen MR) is 91.3 cm³/mol. The average molecular weight is 343 g/mol. The largest absolute Gasteiger partial charge is 0.294 e. The van der Waals surface area contributed by atoms with Crippen LogP contribution in [0.3, 0.4) is 0 Å². The molecule has 0 unspecified atom stereocenters. The number of carbonyl (C=O) groups is 1. The van der Waals surface area contributed by atoms with E-state index in [9.17, 15) is 13.2 Å². The van der Waals surface area contributed by atoms with E-state index >= 15 is 0 Å². The van der Waals surface area contributed by atoms with Crippen molar-refractivity contribution in [2.45, 2.75) is 18.7 Å². The molecule has 0 spiro atoms. The summed E-state index contributed by atoms with van der Waals surface area (Å²) in [5.74, 6) is -0.269. The Hall–Kier alpha value is -2.43. The molecule has 0 saturated heterocycles. The maximum absolute atomic E-state index is 12.9. The standard InChI is InChI=1S/C17H17N3O3S/c1-3-19(4-2)24(22,23)15-9-8-14-16-12(15)6-5-7-13(16)17(21)20(14)11-10-18/h5-9H,3-4,11H2,1-2H3. The minimum absolute atomic E-state index is 0.0647. The van der Waals surface area contributed by atoms with Crippen LogP contribution in [0.5, 0.6) is 0 Å². The van der Waals surface area contributed by atoms with Crippen molar-refractivity contribution < 1.29 is 13.2 Å². The van der Waals surface area contributed by atoms with Gasteiger partial charge in [0.1, 0.15) is 6.54 Å². The van der Waals surface area contributed by atoms with E-state index in [1.54, 1.807) is 38.1 Å². The van der Waals surface area contributed by atoms with E-state index < -0.39 is 10.0 Å².